The minimum absolute atomic E-state index is 0.0655. The minimum atomic E-state index is -0.302. The van der Waals surface area contributed by atoms with Gasteiger partial charge >= 0.3 is 0 Å². The third kappa shape index (κ3) is 4.33. The Balaban J connectivity index is 1.65. The third-order valence-electron chi connectivity index (χ3n) is 4.67. The molecule has 0 aliphatic carbocycles. The van der Waals surface area contributed by atoms with Gasteiger partial charge in [0, 0.05) is 16.7 Å². The van der Waals surface area contributed by atoms with E-state index >= 15 is 0 Å². The number of hydrogen-bond donors (Lipinski definition) is 0. The van der Waals surface area contributed by atoms with Gasteiger partial charge in [0.25, 0.3) is 5.22 Å². The van der Waals surface area contributed by atoms with Crippen molar-refractivity contribution in [1.29, 1.82) is 0 Å². The molecule has 0 amide bonds. The van der Waals surface area contributed by atoms with Crippen molar-refractivity contribution in [3.8, 4) is 22.6 Å². The number of nitrogens with zero attached hydrogens (tertiary/aromatic N) is 1. The molecule has 0 saturated heterocycles. The highest BCUT2D eigenvalue weighted by Crippen LogP contribution is 2.37. The third-order valence-corrected chi connectivity index (χ3v) is 5.62. The summed E-state index contributed by atoms with van der Waals surface area (Å²) < 4.78 is 6.13. The molecule has 1 aromatic heterocycles. The molecule has 0 spiro atoms. The van der Waals surface area contributed by atoms with E-state index in [0.717, 1.165) is 22.4 Å². The van der Waals surface area contributed by atoms with Crippen molar-refractivity contribution in [3.63, 3.8) is 0 Å². The highest BCUT2D eigenvalue weighted by atomic mass is 32.2. The van der Waals surface area contributed by atoms with Gasteiger partial charge in [0.2, 0.25) is 0 Å². The molecule has 0 N–H and O–H groups in total. The van der Waals surface area contributed by atoms with Crippen molar-refractivity contribution in [1.82, 2.24) is 4.98 Å². The number of rotatable bonds is 6. The number of hydrogen-bond acceptors (Lipinski definition) is 4. The number of benzene rings is 3. The summed E-state index contributed by atoms with van der Waals surface area (Å²) in [5, 5.41) is 0.194. The molecular formula is C25H21NO2S. The van der Waals surface area contributed by atoms with Crippen LogP contribution in [-0.2, 0) is 0 Å². The number of carbonyl (C=O) groups excluding carboxylic acids is 1. The topological polar surface area (TPSA) is 43.1 Å². The van der Waals surface area contributed by atoms with Crippen molar-refractivity contribution in [3.05, 3.63) is 96.1 Å². The molecule has 1 atom stereocenters. The first-order valence-electron chi connectivity index (χ1n) is 9.51. The SMILES string of the molecule is Cc1ccc(C(=O)[C@@H](C)Sc2nc(-c3ccccc3)c(-c3ccccc3)o2)cc1. The van der Waals surface area contributed by atoms with Gasteiger partial charge in [-0.15, -0.1) is 0 Å². The second-order valence-electron chi connectivity index (χ2n) is 6.88. The summed E-state index contributed by atoms with van der Waals surface area (Å²) in [7, 11) is 0. The molecule has 4 rings (SSSR count). The summed E-state index contributed by atoms with van der Waals surface area (Å²) in [5.41, 5.74) is 4.57. The smallest absolute Gasteiger partial charge is 0.257 e. The van der Waals surface area contributed by atoms with E-state index < -0.39 is 0 Å². The predicted molar refractivity (Wildman–Crippen MR) is 118 cm³/mol. The van der Waals surface area contributed by atoms with E-state index in [9.17, 15) is 4.79 Å². The van der Waals surface area contributed by atoms with Gasteiger partial charge in [-0.05, 0) is 13.8 Å². The number of ketones is 1. The van der Waals surface area contributed by atoms with Gasteiger partial charge in [-0.1, -0.05) is 102 Å². The average molecular weight is 400 g/mol. The van der Waals surface area contributed by atoms with Crippen LogP contribution in [-0.4, -0.2) is 16.0 Å². The maximum atomic E-state index is 12.8. The number of oxazole rings is 1. The van der Waals surface area contributed by atoms with E-state index in [0.29, 0.717) is 16.5 Å². The number of aryl methyl sites for hydroxylation is 1. The van der Waals surface area contributed by atoms with Crippen molar-refractivity contribution >= 4 is 17.5 Å². The molecule has 0 bridgehead atoms. The van der Waals surface area contributed by atoms with Crippen LogP contribution in [0.1, 0.15) is 22.8 Å². The molecule has 4 aromatic rings. The van der Waals surface area contributed by atoms with Gasteiger partial charge in [-0.2, -0.15) is 0 Å². The lowest BCUT2D eigenvalue weighted by molar-refractivity contribution is 0.0993. The monoisotopic (exact) mass is 399 g/mol. The number of carbonyl (C=O) groups is 1. The van der Waals surface area contributed by atoms with Crippen LogP contribution >= 0.6 is 11.8 Å². The molecule has 0 aliphatic rings. The van der Waals surface area contributed by atoms with Gasteiger partial charge < -0.3 is 4.42 Å². The predicted octanol–water partition coefficient (Wildman–Crippen LogP) is 6.68. The van der Waals surface area contributed by atoms with Crippen LogP contribution in [0.5, 0.6) is 0 Å². The standard InChI is InChI=1S/C25H21NO2S/c1-17-13-15-20(16-14-17)23(27)18(2)29-25-26-22(19-9-5-3-6-10-19)24(28-25)21-11-7-4-8-12-21/h3-16,18H,1-2H3/t18-/m1/s1. The van der Waals surface area contributed by atoms with Crippen LogP contribution in [0.25, 0.3) is 22.6 Å². The lowest BCUT2D eigenvalue weighted by Gasteiger charge is -2.07. The first-order valence-corrected chi connectivity index (χ1v) is 10.4. The lowest BCUT2D eigenvalue weighted by atomic mass is 10.1. The molecule has 3 aromatic carbocycles. The second kappa shape index (κ2) is 8.50. The van der Waals surface area contributed by atoms with Crippen molar-refractivity contribution in [2.24, 2.45) is 0 Å². The zero-order chi connectivity index (χ0) is 20.2. The fourth-order valence-corrected chi connectivity index (χ4v) is 3.91. The van der Waals surface area contributed by atoms with Gasteiger partial charge in [-0.3, -0.25) is 4.79 Å². The van der Waals surface area contributed by atoms with Crippen molar-refractivity contribution < 1.29 is 9.21 Å². The Hall–Kier alpha value is -3.11. The Morgan fingerprint density at radius 3 is 2.07 bits per heavy atom. The molecule has 3 nitrogen and oxygen atoms in total. The largest absolute Gasteiger partial charge is 0.431 e. The minimum Gasteiger partial charge on any atom is -0.431 e. The van der Waals surface area contributed by atoms with Crippen LogP contribution < -0.4 is 0 Å². The Morgan fingerprint density at radius 2 is 1.45 bits per heavy atom. The first kappa shape index (κ1) is 19.2. The van der Waals surface area contributed by atoms with Crippen molar-refractivity contribution in [2.45, 2.75) is 24.3 Å². The van der Waals surface area contributed by atoms with Crippen LogP contribution in [0.2, 0.25) is 0 Å². The Labute approximate surface area is 174 Å². The van der Waals surface area contributed by atoms with Gasteiger partial charge in [0.05, 0.1) is 5.25 Å². The van der Waals surface area contributed by atoms with E-state index in [1.54, 1.807) is 0 Å². The molecule has 4 heteroatoms. The Kier molecular flexibility index (Phi) is 5.63. The molecule has 0 fully saturated rings. The van der Waals surface area contributed by atoms with Gasteiger partial charge in [-0.25, -0.2) is 4.98 Å². The zero-order valence-electron chi connectivity index (χ0n) is 16.3. The normalized spacial score (nSPS) is 11.9. The van der Waals surface area contributed by atoms with Crippen molar-refractivity contribution in [2.75, 3.05) is 0 Å². The van der Waals surface area contributed by atoms with E-state index in [2.05, 4.69) is 0 Å². The van der Waals surface area contributed by atoms with Crippen LogP contribution in [0, 0.1) is 6.92 Å². The summed E-state index contributed by atoms with van der Waals surface area (Å²) in [4.78, 5) is 17.5. The summed E-state index contributed by atoms with van der Waals surface area (Å²) in [6.07, 6.45) is 0. The highest BCUT2D eigenvalue weighted by molar-refractivity contribution is 8.00. The maximum Gasteiger partial charge on any atom is 0.257 e. The van der Waals surface area contributed by atoms with Crippen LogP contribution in [0.15, 0.2) is 94.6 Å². The van der Waals surface area contributed by atoms with E-state index in [4.69, 9.17) is 9.40 Å². The molecule has 0 unspecified atom stereocenters. The quantitative estimate of drug-likeness (QED) is 0.268. The van der Waals surface area contributed by atoms with Crippen LogP contribution in [0.4, 0.5) is 0 Å². The summed E-state index contributed by atoms with van der Waals surface area (Å²) in [5.74, 6) is 0.782. The molecule has 1 heterocycles. The summed E-state index contributed by atoms with van der Waals surface area (Å²) in [6, 6.07) is 27.5. The highest BCUT2D eigenvalue weighted by Gasteiger charge is 2.22. The van der Waals surface area contributed by atoms with E-state index in [-0.39, 0.29) is 11.0 Å². The van der Waals surface area contributed by atoms with Gasteiger partial charge in [0.1, 0.15) is 5.69 Å². The molecule has 144 valence electrons. The summed E-state index contributed by atoms with van der Waals surface area (Å²) in [6.45, 7) is 3.90. The molecule has 29 heavy (non-hydrogen) atoms. The van der Waals surface area contributed by atoms with E-state index in [1.165, 1.54) is 11.8 Å². The molecule has 0 saturated carbocycles. The Bertz CT molecular complexity index is 1050. The van der Waals surface area contributed by atoms with Gasteiger partial charge in [0.15, 0.2) is 11.5 Å². The number of aromatic nitrogens is 1. The molecule has 0 radical (unpaired) electrons. The fourth-order valence-electron chi connectivity index (χ4n) is 3.09. The molecule has 0 aliphatic heterocycles. The average Bonchev–Trinajstić information content (AvgIpc) is 3.19. The first-order chi connectivity index (χ1) is 14.1. The summed E-state index contributed by atoms with van der Waals surface area (Å²) >= 11 is 1.35. The fraction of sp³-hybridized carbons (Fsp3) is 0.120. The number of Topliss-reactive ketones (excluding diaryl/α,β-unsaturated/α-hetero) is 1. The lowest BCUT2D eigenvalue weighted by Crippen LogP contribution is -2.13. The Morgan fingerprint density at radius 1 is 0.862 bits per heavy atom. The second-order valence-corrected chi connectivity index (χ2v) is 8.17. The molecular weight excluding hydrogens is 378 g/mol. The van der Waals surface area contributed by atoms with Crippen LogP contribution in [0.3, 0.4) is 0 Å². The zero-order valence-corrected chi connectivity index (χ0v) is 17.1. The maximum absolute atomic E-state index is 12.8. The van der Waals surface area contributed by atoms with E-state index in [1.807, 2.05) is 98.8 Å². The number of thioether (sulfide) groups is 1.